The second-order valence-corrected chi connectivity index (χ2v) is 10.2. The number of sulfonamides is 1. The Bertz CT molecular complexity index is 1010. The van der Waals surface area contributed by atoms with Crippen LogP contribution in [-0.2, 0) is 27.0 Å². The fraction of sp³-hybridized carbons (Fsp3) is 0.409. The summed E-state index contributed by atoms with van der Waals surface area (Å²) in [6, 6.07) is 14.9. The maximum atomic E-state index is 13.3. The minimum Gasteiger partial charge on any atom is -0.312 e. The normalized spacial score (nSPS) is 20.3. The Labute approximate surface area is 177 Å². The summed E-state index contributed by atoms with van der Waals surface area (Å²) in [7, 11) is -3.51. The number of carbonyl (C=O) groups excluding carboxylic acids is 1. The average molecular weight is 433 g/mol. The molecule has 29 heavy (non-hydrogen) atoms. The maximum absolute atomic E-state index is 13.3. The van der Waals surface area contributed by atoms with Gasteiger partial charge in [0.05, 0.1) is 11.7 Å². The van der Waals surface area contributed by atoms with E-state index in [0.717, 1.165) is 24.9 Å². The number of piperidine rings is 1. The monoisotopic (exact) mass is 432 g/mol. The zero-order valence-corrected chi connectivity index (χ0v) is 17.8. The third kappa shape index (κ3) is 4.49. The quantitative estimate of drug-likeness (QED) is 0.737. The lowest BCUT2D eigenvalue weighted by atomic mass is 9.95. The molecule has 2 aliphatic heterocycles. The Morgan fingerprint density at radius 3 is 2.72 bits per heavy atom. The lowest BCUT2D eigenvalue weighted by Gasteiger charge is -2.36. The van der Waals surface area contributed by atoms with Gasteiger partial charge in [-0.15, -0.1) is 0 Å². The van der Waals surface area contributed by atoms with Crippen molar-refractivity contribution in [3.63, 3.8) is 0 Å². The standard InChI is InChI=1S/C22H25ClN2O3S/c23-20-10-3-6-17(14-20)16-29(27,28)24-12-4-9-19(15-24)22(26)25-13-5-8-18-7-1-2-11-21(18)25/h1-3,6-7,10-11,14,19H,4-5,8-9,12-13,15-16H2/t19-/m0/s1. The van der Waals surface area contributed by atoms with Gasteiger partial charge in [-0.1, -0.05) is 41.9 Å². The van der Waals surface area contributed by atoms with Crippen molar-refractivity contribution in [2.45, 2.75) is 31.4 Å². The number of amides is 1. The van der Waals surface area contributed by atoms with E-state index in [1.165, 1.54) is 9.87 Å². The van der Waals surface area contributed by atoms with Gasteiger partial charge in [-0.25, -0.2) is 12.7 Å². The first-order valence-corrected chi connectivity index (χ1v) is 12.0. The Balaban J connectivity index is 1.49. The van der Waals surface area contributed by atoms with Crippen molar-refractivity contribution < 1.29 is 13.2 Å². The van der Waals surface area contributed by atoms with Crippen LogP contribution in [0.3, 0.4) is 0 Å². The number of aryl methyl sites for hydroxylation is 1. The number of carbonyl (C=O) groups is 1. The molecule has 1 fully saturated rings. The Hall–Kier alpha value is -1.89. The predicted octanol–water partition coefficient (Wildman–Crippen LogP) is 3.86. The van der Waals surface area contributed by atoms with Crippen LogP contribution in [-0.4, -0.2) is 38.3 Å². The Morgan fingerprint density at radius 2 is 1.90 bits per heavy atom. The maximum Gasteiger partial charge on any atom is 0.231 e. The highest BCUT2D eigenvalue weighted by molar-refractivity contribution is 7.88. The molecule has 7 heteroatoms. The van der Waals surface area contributed by atoms with E-state index < -0.39 is 10.0 Å². The number of para-hydroxylation sites is 1. The second kappa shape index (κ2) is 8.46. The lowest BCUT2D eigenvalue weighted by Crippen LogP contribution is -2.48. The number of rotatable bonds is 4. The van der Waals surface area contributed by atoms with Crippen LogP contribution in [0.2, 0.25) is 5.02 Å². The summed E-state index contributed by atoms with van der Waals surface area (Å²) in [4.78, 5) is 15.1. The van der Waals surface area contributed by atoms with Gasteiger partial charge in [0.25, 0.3) is 0 Å². The zero-order chi connectivity index (χ0) is 20.4. The van der Waals surface area contributed by atoms with Gasteiger partial charge in [0.1, 0.15) is 0 Å². The number of hydrogen-bond donors (Lipinski definition) is 0. The molecule has 0 saturated carbocycles. The number of fused-ring (bicyclic) bond motifs is 1. The zero-order valence-electron chi connectivity index (χ0n) is 16.3. The fourth-order valence-electron chi connectivity index (χ4n) is 4.31. The summed E-state index contributed by atoms with van der Waals surface area (Å²) < 4.78 is 27.4. The van der Waals surface area contributed by atoms with Gasteiger partial charge in [0.15, 0.2) is 0 Å². The Morgan fingerprint density at radius 1 is 1.07 bits per heavy atom. The fourth-order valence-corrected chi connectivity index (χ4v) is 6.12. The summed E-state index contributed by atoms with van der Waals surface area (Å²) in [5, 5.41) is 0.521. The first-order valence-electron chi connectivity index (χ1n) is 10.1. The van der Waals surface area contributed by atoms with Crippen LogP contribution < -0.4 is 4.90 Å². The topological polar surface area (TPSA) is 57.7 Å². The van der Waals surface area contributed by atoms with Crippen LogP contribution in [0.4, 0.5) is 5.69 Å². The molecular weight excluding hydrogens is 408 g/mol. The minimum atomic E-state index is -3.51. The molecule has 0 aliphatic carbocycles. The minimum absolute atomic E-state index is 0.0415. The first kappa shape index (κ1) is 20.4. The lowest BCUT2D eigenvalue weighted by molar-refractivity contribution is -0.123. The number of hydrogen-bond acceptors (Lipinski definition) is 3. The molecule has 1 amide bonds. The predicted molar refractivity (Wildman–Crippen MR) is 115 cm³/mol. The number of benzene rings is 2. The highest BCUT2D eigenvalue weighted by atomic mass is 35.5. The summed E-state index contributed by atoms with van der Waals surface area (Å²) in [6.45, 7) is 1.41. The molecular formula is C22H25ClN2O3S. The number of nitrogens with zero attached hydrogens (tertiary/aromatic N) is 2. The molecule has 2 aromatic carbocycles. The molecule has 0 aromatic heterocycles. The highest BCUT2D eigenvalue weighted by Gasteiger charge is 2.35. The van der Waals surface area contributed by atoms with Crippen molar-refractivity contribution in [1.82, 2.24) is 4.31 Å². The van der Waals surface area contributed by atoms with E-state index in [1.807, 2.05) is 23.1 Å². The van der Waals surface area contributed by atoms with Crippen LogP contribution in [0.25, 0.3) is 0 Å². The van der Waals surface area contributed by atoms with Crippen molar-refractivity contribution in [1.29, 1.82) is 0 Å². The summed E-state index contributed by atoms with van der Waals surface area (Å²) >= 11 is 5.99. The third-order valence-electron chi connectivity index (χ3n) is 5.74. The van der Waals surface area contributed by atoms with Crippen LogP contribution in [0.15, 0.2) is 48.5 Å². The summed E-state index contributed by atoms with van der Waals surface area (Å²) in [5.74, 6) is -0.357. The molecule has 0 N–H and O–H groups in total. The second-order valence-electron chi connectivity index (χ2n) is 7.81. The smallest absolute Gasteiger partial charge is 0.231 e. The summed E-state index contributed by atoms with van der Waals surface area (Å²) in [5.41, 5.74) is 2.83. The molecule has 2 heterocycles. The number of anilines is 1. The molecule has 5 nitrogen and oxygen atoms in total. The van der Waals surface area contributed by atoms with E-state index in [2.05, 4.69) is 6.07 Å². The molecule has 1 atom stereocenters. The van der Waals surface area contributed by atoms with Crippen LogP contribution in [0.5, 0.6) is 0 Å². The molecule has 0 unspecified atom stereocenters. The van der Waals surface area contributed by atoms with Crippen LogP contribution in [0, 0.1) is 5.92 Å². The van der Waals surface area contributed by atoms with Gasteiger partial charge in [0.2, 0.25) is 15.9 Å². The molecule has 2 aromatic rings. The molecule has 0 radical (unpaired) electrons. The van der Waals surface area contributed by atoms with Crippen molar-refractivity contribution in [2.75, 3.05) is 24.5 Å². The van der Waals surface area contributed by atoms with Crippen LogP contribution in [0.1, 0.15) is 30.4 Å². The first-order chi connectivity index (χ1) is 13.9. The van der Waals surface area contributed by atoms with Crippen LogP contribution >= 0.6 is 11.6 Å². The van der Waals surface area contributed by atoms with Gasteiger partial charge in [0, 0.05) is 30.3 Å². The number of halogens is 1. The van der Waals surface area contributed by atoms with E-state index >= 15 is 0 Å². The molecule has 154 valence electrons. The van der Waals surface area contributed by atoms with Gasteiger partial charge in [-0.2, -0.15) is 0 Å². The average Bonchev–Trinajstić information content (AvgIpc) is 2.72. The van der Waals surface area contributed by atoms with Gasteiger partial charge in [-0.3, -0.25) is 4.79 Å². The van der Waals surface area contributed by atoms with E-state index in [0.29, 0.717) is 30.1 Å². The van der Waals surface area contributed by atoms with Crippen molar-refractivity contribution >= 4 is 33.2 Å². The highest BCUT2D eigenvalue weighted by Crippen LogP contribution is 2.30. The molecule has 4 rings (SSSR count). The molecule has 1 saturated heterocycles. The largest absolute Gasteiger partial charge is 0.312 e. The third-order valence-corrected chi connectivity index (χ3v) is 7.79. The van der Waals surface area contributed by atoms with E-state index in [4.69, 9.17) is 11.6 Å². The molecule has 2 aliphatic rings. The van der Waals surface area contributed by atoms with Crippen molar-refractivity contribution in [3.05, 3.63) is 64.7 Å². The van der Waals surface area contributed by atoms with E-state index in [-0.39, 0.29) is 24.1 Å². The molecule has 0 spiro atoms. The van der Waals surface area contributed by atoms with Gasteiger partial charge >= 0.3 is 0 Å². The SMILES string of the molecule is O=C([C@H]1CCCN(S(=O)(=O)Cc2cccc(Cl)c2)C1)N1CCCc2ccccc21. The summed E-state index contributed by atoms with van der Waals surface area (Å²) in [6.07, 6.45) is 3.33. The van der Waals surface area contributed by atoms with Crippen molar-refractivity contribution in [3.8, 4) is 0 Å². The van der Waals surface area contributed by atoms with Crippen molar-refractivity contribution in [2.24, 2.45) is 5.92 Å². The molecule has 0 bridgehead atoms. The van der Waals surface area contributed by atoms with Gasteiger partial charge in [-0.05, 0) is 55.0 Å². The van der Waals surface area contributed by atoms with E-state index in [9.17, 15) is 13.2 Å². The van der Waals surface area contributed by atoms with Gasteiger partial charge < -0.3 is 4.90 Å². The van der Waals surface area contributed by atoms with E-state index in [1.54, 1.807) is 24.3 Å². The Kier molecular flexibility index (Phi) is 5.95.